The van der Waals surface area contributed by atoms with Crippen LogP contribution in [0.2, 0.25) is 0 Å². The van der Waals surface area contributed by atoms with Crippen molar-refractivity contribution >= 4 is 12.2 Å². The van der Waals surface area contributed by atoms with Crippen molar-refractivity contribution in [1.29, 1.82) is 0 Å². The number of nitrogens with zero attached hydrogens (tertiary/aromatic N) is 4. The Labute approximate surface area is 215 Å². The molecule has 6 rings (SSSR count). The molecule has 4 aromatic rings. The number of pyridine rings is 1. The molecule has 0 amide bonds. The molecule has 7 heteroatoms. The molecule has 0 aliphatic heterocycles. The number of nitrogens with one attached hydrogen (secondary N) is 1. The van der Waals surface area contributed by atoms with E-state index in [0.29, 0.717) is 11.6 Å². The summed E-state index contributed by atoms with van der Waals surface area (Å²) in [6.07, 6.45) is 11.5. The lowest BCUT2D eigenvalue weighted by molar-refractivity contribution is 0.284. The number of hydrogen-bond acceptors (Lipinski definition) is 6. The van der Waals surface area contributed by atoms with Crippen molar-refractivity contribution in [3.8, 4) is 22.7 Å². The summed E-state index contributed by atoms with van der Waals surface area (Å²) in [5, 5.41) is 4.43. The molecule has 1 fully saturated rings. The maximum absolute atomic E-state index is 14.5. The second kappa shape index (κ2) is 9.65. The van der Waals surface area contributed by atoms with E-state index in [1.54, 1.807) is 30.3 Å². The monoisotopic (exact) mass is 491 g/mol. The quantitative estimate of drug-likeness (QED) is 0.294. The number of hydrogen-bond donors (Lipinski definition) is 1. The minimum atomic E-state index is -0.195. The predicted octanol–water partition coefficient (Wildman–Crippen LogP) is 5.51. The smallest absolute Gasteiger partial charge is 0.263 e. The van der Waals surface area contributed by atoms with Gasteiger partial charge in [0.05, 0.1) is 30.3 Å². The zero-order valence-corrected chi connectivity index (χ0v) is 20.9. The van der Waals surface area contributed by atoms with Gasteiger partial charge in [0.2, 0.25) is 5.95 Å². The number of ether oxygens (including phenoxy) is 1. The Balaban J connectivity index is 1.56. The molecule has 2 heterocycles. The fourth-order valence-electron chi connectivity index (χ4n) is 5.87. The molecule has 0 bridgehead atoms. The van der Waals surface area contributed by atoms with Gasteiger partial charge in [-0.15, -0.1) is 0 Å². The number of methoxy groups -OCH3 is 1. The first kappa shape index (κ1) is 23.2. The Hall–Kier alpha value is -4.26. The molecule has 37 heavy (non-hydrogen) atoms. The molecule has 0 radical (unpaired) electrons. The van der Waals surface area contributed by atoms with Gasteiger partial charge in [-0.2, -0.15) is 5.10 Å². The Morgan fingerprint density at radius 1 is 1.00 bits per heavy atom. The van der Waals surface area contributed by atoms with Gasteiger partial charge in [0.15, 0.2) is 0 Å². The topological polar surface area (TPSA) is 81.4 Å². The molecule has 1 N–H and O–H groups in total. The van der Waals surface area contributed by atoms with Crippen LogP contribution in [-0.2, 0) is 11.8 Å². The predicted molar refractivity (Wildman–Crippen MR) is 146 cm³/mol. The zero-order valence-electron chi connectivity index (χ0n) is 20.9. The minimum absolute atomic E-state index is 0.0341. The third-order valence-electron chi connectivity index (χ3n) is 7.64. The Morgan fingerprint density at radius 2 is 1.76 bits per heavy atom. The van der Waals surface area contributed by atoms with Gasteiger partial charge < -0.3 is 4.74 Å². The Bertz CT molecular complexity index is 1500. The first-order valence-corrected chi connectivity index (χ1v) is 12.8. The normalized spacial score (nSPS) is 15.8. The van der Waals surface area contributed by atoms with Gasteiger partial charge in [0, 0.05) is 23.4 Å². The Kier molecular flexibility index (Phi) is 6.04. The number of aromatic nitrogens is 3. The van der Waals surface area contributed by atoms with Crippen molar-refractivity contribution in [2.45, 2.75) is 43.9 Å². The summed E-state index contributed by atoms with van der Waals surface area (Å²) in [7, 11) is 1.63. The molecular formula is C30H29N5O2. The second-order valence-electron chi connectivity index (χ2n) is 9.82. The summed E-state index contributed by atoms with van der Waals surface area (Å²) in [4.78, 5) is 23.7. The fraction of sp³-hybridized carbons (Fsp3) is 0.267. The van der Waals surface area contributed by atoms with Gasteiger partial charge >= 0.3 is 0 Å². The molecule has 186 valence electrons. The van der Waals surface area contributed by atoms with Crippen molar-refractivity contribution in [3.63, 3.8) is 0 Å². The van der Waals surface area contributed by atoms with E-state index in [1.165, 1.54) is 12.0 Å². The summed E-state index contributed by atoms with van der Waals surface area (Å²) in [5.74, 6) is 1.10. The maximum Gasteiger partial charge on any atom is 0.263 e. The molecule has 1 spiro atoms. The largest absolute Gasteiger partial charge is 0.497 e. The maximum atomic E-state index is 14.5. The van der Waals surface area contributed by atoms with Gasteiger partial charge in [-0.25, -0.2) is 15.0 Å². The summed E-state index contributed by atoms with van der Waals surface area (Å²) in [6.45, 7) is 0. The van der Waals surface area contributed by atoms with Crippen LogP contribution in [0.1, 0.15) is 48.8 Å². The van der Waals surface area contributed by atoms with E-state index in [9.17, 15) is 4.79 Å². The van der Waals surface area contributed by atoms with E-state index in [1.807, 2.05) is 42.5 Å². The Morgan fingerprint density at radius 3 is 2.51 bits per heavy atom. The molecule has 0 atom stereocenters. The molecule has 0 unspecified atom stereocenters. The molecular weight excluding hydrogens is 462 g/mol. The van der Waals surface area contributed by atoms with Crippen molar-refractivity contribution in [1.82, 2.24) is 14.5 Å². The van der Waals surface area contributed by atoms with Crippen LogP contribution in [0.25, 0.3) is 16.9 Å². The van der Waals surface area contributed by atoms with E-state index in [0.717, 1.165) is 60.2 Å². The van der Waals surface area contributed by atoms with Crippen LogP contribution in [0.4, 0.5) is 5.95 Å². The summed E-state index contributed by atoms with van der Waals surface area (Å²) < 4.78 is 7.01. The lowest BCUT2D eigenvalue weighted by atomic mass is 9.62. The highest BCUT2D eigenvalue weighted by atomic mass is 16.5. The van der Waals surface area contributed by atoms with Crippen molar-refractivity contribution < 1.29 is 4.74 Å². The van der Waals surface area contributed by atoms with E-state index < -0.39 is 0 Å². The van der Waals surface area contributed by atoms with Gasteiger partial charge in [-0.1, -0.05) is 43.5 Å². The number of rotatable bonds is 5. The average molecular weight is 492 g/mol. The molecule has 7 nitrogen and oxygen atoms in total. The van der Waals surface area contributed by atoms with Gasteiger partial charge in [0.1, 0.15) is 5.75 Å². The number of hydrazone groups is 1. The SMILES string of the molecule is COc1ccc(-n2c(NN=Cc3ccncc3)nc3c(c2=O)C2(CCCCC2)Cc2ccccc2-3)cc1. The van der Waals surface area contributed by atoms with E-state index in [-0.39, 0.29) is 11.0 Å². The van der Waals surface area contributed by atoms with Crippen LogP contribution in [0.15, 0.2) is 83.0 Å². The van der Waals surface area contributed by atoms with Gasteiger partial charge in [-0.05, 0) is 66.8 Å². The summed E-state index contributed by atoms with van der Waals surface area (Å²) in [5.41, 5.74) is 8.36. The second-order valence-corrected chi connectivity index (χ2v) is 9.82. The van der Waals surface area contributed by atoms with Crippen LogP contribution in [0.5, 0.6) is 5.75 Å². The number of fused-ring (bicyclic) bond motifs is 4. The molecule has 2 aromatic carbocycles. The van der Waals surface area contributed by atoms with Crippen molar-refractivity contribution in [3.05, 3.63) is 100 Å². The van der Waals surface area contributed by atoms with Gasteiger partial charge in [-0.3, -0.25) is 9.78 Å². The zero-order chi connectivity index (χ0) is 25.2. The standard InChI is InChI=1S/C30H29N5O2/c1-37-24-11-9-23(10-12-24)35-28(36)26-27(33-29(35)34-32-20-21-13-17-31-18-14-21)25-8-4-3-7-22(25)19-30(26)15-5-2-6-16-30/h3-4,7-14,17-18,20H,2,5-6,15-16,19H2,1H3,(H,33,34). The van der Waals surface area contributed by atoms with Crippen LogP contribution in [-0.4, -0.2) is 27.9 Å². The van der Waals surface area contributed by atoms with E-state index in [4.69, 9.17) is 9.72 Å². The number of benzene rings is 2. The fourth-order valence-corrected chi connectivity index (χ4v) is 5.87. The van der Waals surface area contributed by atoms with Crippen LogP contribution >= 0.6 is 0 Å². The van der Waals surface area contributed by atoms with Crippen LogP contribution < -0.4 is 15.7 Å². The summed E-state index contributed by atoms with van der Waals surface area (Å²) in [6, 6.07) is 19.6. The summed E-state index contributed by atoms with van der Waals surface area (Å²) >= 11 is 0. The molecule has 1 saturated carbocycles. The van der Waals surface area contributed by atoms with Gasteiger partial charge in [0.25, 0.3) is 5.56 Å². The molecule has 2 aliphatic carbocycles. The molecule has 2 aliphatic rings. The van der Waals surface area contributed by atoms with Crippen LogP contribution in [0, 0.1) is 0 Å². The average Bonchev–Trinajstić information content (AvgIpc) is 2.94. The minimum Gasteiger partial charge on any atom is -0.497 e. The highest BCUT2D eigenvalue weighted by Crippen LogP contribution is 2.48. The third kappa shape index (κ3) is 4.20. The van der Waals surface area contributed by atoms with E-state index in [2.05, 4.69) is 33.7 Å². The molecule has 0 saturated heterocycles. The highest BCUT2D eigenvalue weighted by molar-refractivity contribution is 5.80. The molecule has 2 aromatic heterocycles. The first-order valence-electron chi connectivity index (χ1n) is 12.8. The number of anilines is 1. The van der Waals surface area contributed by atoms with Crippen molar-refractivity contribution in [2.24, 2.45) is 5.10 Å². The highest BCUT2D eigenvalue weighted by Gasteiger charge is 2.43. The third-order valence-corrected chi connectivity index (χ3v) is 7.64. The lowest BCUT2D eigenvalue weighted by Gasteiger charge is -2.42. The lowest BCUT2D eigenvalue weighted by Crippen LogP contribution is -2.42. The first-order chi connectivity index (χ1) is 18.2. The van der Waals surface area contributed by atoms with Crippen molar-refractivity contribution in [2.75, 3.05) is 12.5 Å². The van der Waals surface area contributed by atoms with E-state index >= 15 is 0 Å². The van der Waals surface area contributed by atoms with Crippen LogP contribution in [0.3, 0.4) is 0 Å².